The lowest BCUT2D eigenvalue weighted by Crippen LogP contribution is -2.51. The van der Waals surface area contributed by atoms with Gasteiger partial charge in [-0.2, -0.15) is 0 Å². The van der Waals surface area contributed by atoms with E-state index in [4.69, 9.17) is 14.5 Å². The number of carbonyl (C=O) groups excluding carboxylic acids is 5. The van der Waals surface area contributed by atoms with Crippen molar-refractivity contribution in [1.29, 1.82) is 0 Å². The van der Waals surface area contributed by atoms with E-state index >= 15 is 0 Å². The molecule has 0 bridgehead atoms. The molecule has 0 radical (unpaired) electrons. The maximum Gasteiger partial charge on any atom is 0.407 e. The predicted octanol–water partition coefficient (Wildman–Crippen LogP) is 6.54. The number of imidazole rings is 2. The molecule has 1 unspecified atom stereocenters. The molecule has 2 saturated heterocycles. The molecule has 2 aliphatic heterocycles. The number of aromatic nitrogens is 4. The lowest BCUT2D eigenvalue weighted by Gasteiger charge is -2.30. The molecule has 2 aromatic heterocycles. The lowest BCUT2D eigenvalue weighted by atomic mass is 10.0. The largest absolute Gasteiger partial charge is 0.453 e. The number of ether oxygens (including phenoxy) is 2. The van der Waals surface area contributed by atoms with Crippen LogP contribution in [0.5, 0.6) is 0 Å². The number of nitrogens with zero attached hydrogens (tertiary/aromatic N) is 5. The van der Waals surface area contributed by atoms with Crippen LogP contribution in [0.1, 0.15) is 74.6 Å². The number of carbonyl (C=O) groups is 5. The van der Waals surface area contributed by atoms with Crippen molar-refractivity contribution in [3.63, 3.8) is 0 Å². The number of aromatic amines is 2. The van der Waals surface area contributed by atoms with E-state index in [1.165, 1.54) is 14.2 Å². The average molecular weight is 844 g/mol. The summed E-state index contributed by atoms with van der Waals surface area (Å²) in [7, 11) is 2.53. The van der Waals surface area contributed by atoms with Gasteiger partial charge in [-0.15, -0.1) is 0 Å². The highest BCUT2D eigenvalue weighted by atomic mass is 16.5. The van der Waals surface area contributed by atoms with Crippen molar-refractivity contribution < 1.29 is 33.4 Å². The number of H-pyrrole nitrogens is 2. The minimum Gasteiger partial charge on any atom is -0.453 e. The number of likely N-dealkylation sites (tertiary alicyclic amines) is 1. The van der Waals surface area contributed by atoms with E-state index < -0.39 is 30.3 Å². The van der Waals surface area contributed by atoms with Gasteiger partial charge in [0, 0.05) is 12.1 Å². The number of hydrogen-bond acceptors (Lipinski definition) is 9. The van der Waals surface area contributed by atoms with Gasteiger partial charge in [-0.3, -0.25) is 14.4 Å². The summed E-state index contributed by atoms with van der Waals surface area (Å²) in [6.45, 7) is 8.26. The van der Waals surface area contributed by atoms with Crippen molar-refractivity contribution in [1.82, 2.24) is 45.3 Å². The second-order valence-electron chi connectivity index (χ2n) is 16.3. The standard InChI is InChI=1S/C46H53N9O7/c1-27(2)38(51-45(59)61-5)43(57)54-22-10-13-36(54)40-47-23-34(49-40)31-18-14-29(15-19-31)30-16-20-32(21-17-30)35-24-48-41(50-35)37-25-53(42(56)33-11-8-7-9-12-33)26-55(37)44(58)39(28(3)4)52-46(60)62-6/h7-9,11-12,14-21,23-24,27-28,36-39H,10,13,22,25-26H2,1-6H3,(H,47,49)(H,48,50)(H,51,59)(H,52,60)/t36-,37?,38-,39-/m0/s1. The smallest absolute Gasteiger partial charge is 0.407 e. The molecule has 16 nitrogen and oxygen atoms in total. The number of alkyl carbamates (subject to hydrolysis) is 2. The van der Waals surface area contributed by atoms with Crippen molar-refractivity contribution in [3.8, 4) is 33.6 Å². The molecule has 7 rings (SSSR count). The maximum absolute atomic E-state index is 14.1. The highest BCUT2D eigenvalue weighted by molar-refractivity contribution is 5.95. The van der Waals surface area contributed by atoms with Crippen LogP contribution in [0.4, 0.5) is 9.59 Å². The van der Waals surface area contributed by atoms with Gasteiger partial charge in [-0.05, 0) is 59.1 Å². The molecule has 0 saturated carbocycles. The van der Waals surface area contributed by atoms with Crippen molar-refractivity contribution in [2.24, 2.45) is 11.8 Å². The Kier molecular flexibility index (Phi) is 13.0. The summed E-state index contributed by atoms with van der Waals surface area (Å²) in [5.41, 5.74) is 5.93. The Morgan fingerprint density at radius 3 is 1.60 bits per heavy atom. The topological polar surface area (TPSA) is 195 Å². The third kappa shape index (κ3) is 9.18. The van der Waals surface area contributed by atoms with Crippen LogP contribution in [0.15, 0.2) is 91.3 Å². The van der Waals surface area contributed by atoms with Crippen LogP contribution >= 0.6 is 0 Å². The van der Waals surface area contributed by atoms with Crippen molar-refractivity contribution in [2.75, 3.05) is 34.0 Å². The van der Waals surface area contributed by atoms with Crippen LogP contribution < -0.4 is 10.6 Å². The van der Waals surface area contributed by atoms with Gasteiger partial charge in [0.1, 0.15) is 29.8 Å². The minimum atomic E-state index is -0.883. The van der Waals surface area contributed by atoms with Gasteiger partial charge in [-0.25, -0.2) is 19.6 Å². The number of rotatable bonds is 12. The molecule has 3 aromatic carbocycles. The Morgan fingerprint density at radius 2 is 1.11 bits per heavy atom. The summed E-state index contributed by atoms with van der Waals surface area (Å²) in [4.78, 5) is 86.6. The Bertz CT molecular complexity index is 2380. The molecule has 0 aliphatic carbocycles. The first kappa shape index (κ1) is 43.1. The number of methoxy groups -OCH3 is 2. The van der Waals surface area contributed by atoms with Gasteiger partial charge in [-0.1, -0.05) is 94.4 Å². The molecule has 16 heteroatoms. The van der Waals surface area contributed by atoms with E-state index in [1.54, 1.807) is 51.4 Å². The Hall–Kier alpha value is -6.97. The molecular formula is C46H53N9O7. The van der Waals surface area contributed by atoms with Crippen LogP contribution in [0.25, 0.3) is 33.6 Å². The Morgan fingerprint density at radius 1 is 0.645 bits per heavy atom. The van der Waals surface area contributed by atoms with Crippen LogP contribution in [-0.4, -0.2) is 111 Å². The molecule has 5 amide bonds. The Labute approximate surface area is 360 Å². The summed E-state index contributed by atoms with van der Waals surface area (Å²) >= 11 is 0. The third-order valence-electron chi connectivity index (χ3n) is 11.5. The van der Waals surface area contributed by atoms with Gasteiger partial charge in [0.15, 0.2) is 0 Å². The zero-order chi connectivity index (χ0) is 44.1. The summed E-state index contributed by atoms with van der Waals surface area (Å²) in [5, 5.41) is 5.35. The van der Waals surface area contributed by atoms with Crippen LogP contribution in [0.2, 0.25) is 0 Å². The first-order valence-electron chi connectivity index (χ1n) is 20.8. The molecule has 4 heterocycles. The summed E-state index contributed by atoms with van der Waals surface area (Å²) in [6, 6.07) is 22.7. The first-order valence-corrected chi connectivity index (χ1v) is 20.8. The predicted molar refractivity (Wildman–Crippen MR) is 231 cm³/mol. The molecule has 62 heavy (non-hydrogen) atoms. The van der Waals surface area contributed by atoms with Crippen molar-refractivity contribution in [2.45, 2.75) is 64.7 Å². The summed E-state index contributed by atoms with van der Waals surface area (Å²) in [6.07, 6.45) is 3.74. The fourth-order valence-corrected chi connectivity index (χ4v) is 8.08. The molecule has 4 N–H and O–H groups in total. The van der Waals surface area contributed by atoms with E-state index in [-0.39, 0.29) is 48.8 Å². The van der Waals surface area contributed by atoms with Crippen molar-refractivity contribution in [3.05, 3.63) is 108 Å². The molecule has 5 aromatic rings. The number of amides is 5. The quantitative estimate of drug-likeness (QED) is 0.108. The van der Waals surface area contributed by atoms with E-state index in [9.17, 15) is 24.0 Å². The molecule has 2 fully saturated rings. The van der Waals surface area contributed by atoms with Gasteiger partial charge in [0.2, 0.25) is 11.8 Å². The second kappa shape index (κ2) is 18.7. The second-order valence-corrected chi connectivity index (χ2v) is 16.3. The lowest BCUT2D eigenvalue weighted by molar-refractivity contribution is -0.136. The summed E-state index contributed by atoms with van der Waals surface area (Å²) in [5.74, 6) is 0.124. The SMILES string of the molecule is COC(=O)N[C@H](C(=O)N1CN(C(=O)c2ccccc2)CC1c1ncc(-c2ccc(-c3ccc(-c4cnc([C@@H]5CCCN5C(=O)[C@@H](NC(=O)OC)C(C)C)[nH]4)cc3)cc2)[nH]1)C(C)C. The van der Waals surface area contributed by atoms with E-state index in [0.29, 0.717) is 23.8 Å². The maximum atomic E-state index is 14.1. The molecule has 0 spiro atoms. The average Bonchev–Trinajstić information content (AvgIpc) is 4.14. The fourth-order valence-electron chi connectivity index (χ4n) is 8.08. The van der Waals surface area contributed by atoms with Gasteiger partial charge < -0.3 is 44.8 Å². The van der Waals surface area contributed by atoms with E-state index in [2.05, 4.69) is 25.6 Å². The van der Waals surface area contributed by atoms with Gasteiger partial charge in [0.05, 0.1) is 57.3 Å². The van der Waals surface area contributed by atoms with Gasteiger partial charge >= 0.3 is 12.2 Å². The zero-order valence-corrected chi connectivity index (χ0v) is 35.8. The fraction of sp³-hybridized carbons (Fsp3) is 0.370. The first-order chi connectivity index (χ1) is 29.9. The Balaban J connectivity index is 1.05. The van der Waals surface area contributed by atoms with E-state index in [1.807, 2.05) is 82.3 Å². The number of benzene rings is 3. The minimum absolute atomic E-state index is 0.0188. The normalized spacial score (nSPS) is 17.3. The highest BCUT2D eigenvalue weighted by Gasteiger charge is 2.42. The molecule has 2 aliphatic rings. The molecule has 324 valence electrons. The van der Waals surface area contributed by atoms with Gasteiger partial charge in [0.25, 0.3) is 5.91 Å². The van der Waals surface area contributed by atoms with Crippen LogP contribution in [0.3, 0.4) is 0 Å². The van der Waals surface area contributed by atoms with Crippen LogP contribution in [-0.2, 0) is 19.1 Å². The number of nitrogens with one attached hydrogen (secondary N) is 4. The number of hydrogen-bond donors (Lipinski definition) is 4. The van der Waals surface area contributed by atoms with E-state index in [0.717, 1.165) is 46.5 Å². The monoisotopic (exact) mass is 843 g/mol. The van der Waals surface area contributed by atoms with Crippen molar-refractivity contribution >= 4 is 29.9 Å². The molecular weight excluding hydrogens is 791 g/mol. The zero-order valence-electron chi connectivity index (χ0n) is 35.8. The summed E-state index contributed by atoms with van der Waals surface area (Å²) < 4.78 is 9.56. The highest BCUT2D eigenvalue weighted by Crippen LogP contribution is 2.34. The van der Waals surface area contributed by atoms with Crippen LogP contribution in [0, 0.1) is 11.8 Å². The molecule has 4 atom stereocenters. The third-order valence-corrected chi connectivity index (χ3v) is 11.5.